The van der Waals surface area contributed by atoms with Gasteiger partial charge >= 0.3 is 135 Å². The number of hydrogen-bond donors (Lipinski definition) is 2. The van der Waals surface area contributed by atoms with Gasteiger partial charge in [-0.2, -0.15) is 0 Å². The first-order valence-electron chi connectivity index (χ1n) is 11.8. The molecule has 0 fully saturated rings. The number of carboxylic acids is 2. The maximum absolute atomic E-state index is 9.10. The van der Waals surface area contributed by atoms with E-state index < -0.39 is 19.2 Å². The zero-order valence-corrected chi connectivity index (χ0v) is 20.2. The van der Waals surface area contributed by atoms with Crippen LogP contribution in [-0.4, -0.2) is 46.8 Å². The maximum Gasteiger partial charge on any atom is 0.414 e. The van der Waals surface area contributed by atoms with Crippen LogP contribution >= 0.6 is 7.26 Å². The molecule has 0 rings (SSSR count). The minimum Gasteiger partial charge on any atom is -0.473 e. The summed E-state index contributed by atoms with van der Waals surface area (Å²) in [5, 5.41) is 14.8. The van der Waals surface area contributed by atoms with E-state index >= 15 is 0 Å². The van der Waals surface area contributed by atoms with Crippen molar-refractivity contribution in [2.45, 2.75) is 111 Å². The average molecular weight is 421 g/mol. The van der Waals surface area contributed by atoms with E-state index in [1.807, 2.05) is 0 Å². The second kappa shape index (κ2) is 21.1. The van der Waals surface area contributed by atoms with Gasteiger partial charge in [-0.05, 0) is 0 Å². The topological polar surface area (TPSA) is 74.6 Å². The van der Waals surface area contributed by atoms with Crippen LogP contribution in [0.2, 0.25) is 0 Å². The van der Waals surface area contributed by atoms with Gasteiger partial charge in [-0.25, -0.2) is 9.59 Å². The van der Waals surface area contributed by atoms with E-state index in [2.05, 4.69) is 27.7 Å². The molecule has 0 aromatic carbocycles. The fourth-order valence-corrected chi connectivity index (χ4v) is 7.36. The van der Waals surface area contributed by atoms with Crippen molar-refractivity contribution in [1.82, 2.24) is 0 Å². The minimum atomic E-state index is -1.82. The largest absolute Gasteiger partial charge is 0.473 e. The molecule has 0 bridgehead atoms. The summed E-state index contributed by atoms with van der Waals surface area (Å²) in [5.74, 6) is -3.65. The van der Waals surface area contributed by atoms with Crippen molar-refractivity contribution in [2.24, 2.45) is 0 Å². The molecule has 0 saturated carbocycles. The monoisotopic (exact) mass is 420 g/mol. The van der Waals surface area contributed by atoms with Gasteiger partial charge in [0, 0.05) is 0 Å². The smallest absolute Gasteiger partial charge is 0.414 e. The van der Waals surface area contributed by atoms with Gasteiger partial charge in [-0.15, -0.1) is 0 Å². The second-order valence-corrected chi connectivity index (χ2v) is 13.8. The molecule has 0 atom stereocenters. The van der Waals surface area contributed by atoms with Crippen LogP contribution in [0.3, 0.4) is 0 Å². The van der Waals surface area contributed by atoms with Crippen molar-refractivity contribution >= 4 is 19.2 Å². The summed E-state index contributed by atoms with van der Waals surface area (Å²) in [6.45, 7) is 9.64. The van der Waals surface area contributed by atoms with Crippen molar-refractivity contribution in [2.75, 3.05) is 24.6 Å². The van der Waals surface area contributed by atoms with Gasteiger partial charge in [0.05, 0.1) is 0 Å². The molecule has 0 radical (unpaired) electrons. The molecule has 170 valence electrons. The van der Waals surface area contributed by atoms with Crippen LogP contribution in [0.5, 0.6) is 0 Å². The Hall–Kier alpha value is -0.630. The fourth-order valence-electron chi connectivity index (χ4n) is 3.80. The molecule has 0 saturated heterocycles. The van der Waals surface area contributed by atoms with Gasteiger partial charge in [-0.3, -0.25) is 0 Å². The first kappa shape index (κ1) is 29.6. The predicted octanol–water partition coefficient (Wildman–Crippen LogP) is 7.04. The minimum absolute atomic E-state index is 0.818. The summed E-state index contributed by atoms with van der Waals surface area (Å²) in [6, 6.07) is 0. The third kappa shape index (κ3) is 18.7. The molecule has 0 unspecified atom stereocenters. The molecule has 0 heterocycles. The van der Waals surface area contributed by atoms with Gasteiger partial charge in [0.1, 0.15) is 0 Å². The molecule has 0 aromatic rings. The van der Waals surface area contributed by atoms with Gasteiger partial charge in [0.25, 0.3) is 0 Å². The van der Waals surface area contributed by atoms with E-state index in [-0.39, 0.29) is 0 Å². The Bertz CT molecular complexity index is 347. The number of carboxylic acid groups (broad SMARTS) is 2. The third-order valence-corrected chi connectivity index (χ3v) is 12.2. The molecule has 0 aromatic heterocycles. The zero-order valence-electron chi connectivity index (χ0n) is 19.2. The van der Waals surface area contributed by atoms with Crippen LogP contribution in [0.1, 0.15) is 111 Å². The molecule has 2 N–H and O–H groups in total. The van der Waals surface area contributed by atoms with Crippen LogP contribution in [0, 0.1) is 0 Å². The second-order valence-electron chi connectivity index (χ2n) is 8.16. The van der Waals surface area contributed by atoms with Crippen molar-refractivity contribution < 1.29 is 19.8 Å². The van der Waals surface area contributed by atoms with E-state index in [0.29, 0.717) is 0 Å². The Balaban J connectivity index is 0. The summed E-state index contributed by atoms with van der Waals surface area (Å²) >= 11 is 0. The molecular formula is C23H49O4P. The Morgan fingerprint density at radius 2 is 0.821 bits per heavy atom. The zero-order chi connectivity index (χ0) is 21.7. The molecule has 28 heavy (non-hydrogen) atoms. The van der Waals surface area contributed by atoms with E-state index in [0.717, 1.165) is 0 Å². The van der Waals surface area contributed by atoms with Gasteiger partial charge in [0.15, 0.2) is 0 Å². The fraction of sp³-hybridized carbons (Fsp3) is 0.913. The van der Waals surface area contributed by atoms with Gasteiger partial charge < -0.3 is 10.2 Å². The first-order chi connectivity index (χ1) is 13.4. The van der Waals surface area contributed by atoms with Crippen LogP contribution in [0.25, 0.3) is 0 Å². The molecule has 0 amide bonds. The molecule has 0 spiro atoms. The standard InChI is InChI=1S/C21H47P.C2H2O4/c1-5-9-10-11-12-13-14-15-16-17-18-19-20-21-22(6-2,7-3)8-4;3-1(4)2(5)6/h22H,5-21H2,1-4H3;(H,3,4)(H,5,6). The van der Waals surface area contributed by atoms with Crippen LogP contribution in [-0.2, 0) is 9.59 Å². The summed E-state index contributed by atoms with van der Waals surface area (Å²) in [6.07, 6.45) is 25.4. The van der Waals surface area contributed by atoms with Crippen molar-refractivity contribution in [3.8, 4) is 0 Å². The Kier molecular flexibility index (Phi) is 22.3. The number of hydrogen-bond acceptors (Lipinski definition) is 2. The summed E-state index contributed by atoms with van der Waals surface area (Å²) in [4.78, 5) is 18.2. The molecule has 0 aliphatic carbocycles. The van der Waals surface area contributed by atoms with Crippen LogP contribution in [0.4, 0.5) is 0 Å². The van der Waals surface area contributed by atoms with E-state index in [1.54, 1.807) is 6.16 Å². The van der Waals surface area contributed by atoms with Crippen molar-refractivity contribution in [1.29, 1.82) is 0 Å². The Morgan fingerprint density at radius 3 is 1.07 bits per heavy atom. The molecular weight excluding hydrogens is 371 g/mol. The summed E-state index contributed by atoms with van der Waals surface area (Å²) in [5.41, 5.74) is 0. The Morgan fingerprint density at radius 1 is 0.536 bits per heavy atom. The molecule has 5 heteroatoms. The summed E-state index contributed by atoms with van der Waals surface area (Å²) in [7, 11) is -0.818. The van der Waals surface area contributed by atoms with Crippen LogP contribution < -0.4 is 0 Å². The third-order valence-electron chi connectivity index (χ3n) is 6.24. The Labute approximate surface area is 175 Å². The summed E-state index contributed by atoms with van der Waals surface area (Å²) < 4.78 is 0. The van der Waals surface area contributed by atoms with Gasteiger partial charge in [0.2, 0.25) is 0 Å². The number of aliphatic carboxylic acids is 2. The quantitative estimate of drug-likeness (QED) is 0.150. The molecule has 0 aliphatic rings. The molecule has 0 aliphatic heterocycles. The van der Waals surface area contributed by atoms with E-state index in [1.165, 1.54) is 102 Å². The maximum atomic E-state index is 9.10. The van der Waals surface area contributed by atoms with Crippen LogP contribution in [0.15, 0.2) is 0 Å². The average Bonchev–Trinajstić information content (AvgIpc) is 2.69. The van der Waals surface area contributed by atoms with Gasteiger partial charge in [-0.1, -0.05) is 19.8 Å². The predicted molar refractivity (Wildman–Crippen MR) is 126 cm³/mol. The van der Waals surface area contributed by atoms with E-state index in [9.17, 15) is 0 Å². The molecule has 4 nitrogen and oxygen atoms in total. The SMILES string of the molecule is CCCCCCCCCCCCCCC[PH](CC)(CC)CC.O=C(O)C(=O)O. The number of unbranched alkanes of at least 4 members (excludes halogenated alkanes) is 12. The van der Waals surface area contributed by atoms with E-state index in [4.69, 9.17) is 19.8 Å². The number of carbonyl (C=O) groups is 2. The normalized spacial score (nSPS) is 11.6. The van der Waals surface area contributed by atoms with Crippen molar-refractivity contribution in [3.63, 3.8) is 0 Å². The number of rotatable bonds is 17. The first-order valence-corrected chi connectivity index (χ1v) is 14.7. The van der Waals surface area contributed by atoms with Crippen molar-refractivity contribution in [3.05, 3.63) is 0 Å².